The number of hydrogen-bond donors (Lipinski definition) is 3. The Morgan fingerprint density at radius 3 is 2.80 bits per heavy atom. The third-order valence-corrected chi connectivity index (χ3v) is 4.58. The fourth-order valence-electron chi connectivity index (χ4n) is 2.51. The van der Waals surface area contributed by atoms with Crippen molar-refractivity contribution in [2.45, 2.75) is 4.55 Å². The summed E-state index contributed by atoms with van der Waals surface area (Å²) in [6.45, 7) is 0. The van der Waals surface area contributed by atoms with E-state index in [1.54, 1.807) is 41.3 Å². The topological polar surface area (TPSA) is 105 Å². The molecule has 0 atom stereocenters. The Kier molecular flexibility index (Phi) is 7.14. The molecular weight excluding hydrogens is 506 g/mol. The maximum Gasteiger partial charge on any atom is 0.267 e. The molecule has 2 aromatic carbocycles. The molecule has 0 radical (unpaired) electrons. The molecule has 30 heavy (non-hydrogen) atoms. The molecule has 0 aliphatic heterocycles. The van der Waals surface area contributed by atoms with E-state index in [1.807, 2.05) is 0 Å². The van der Waals surface area contributed by atoms with Gasteiger partial charge < -0.3 is 10.1 Å². The van der Waals surface area contributed by atoms with Crippen LogP contribution in [0.4, 0.5) is 10.1 Å². The molecule has 0 spiro atoms. The zero-order valence-corrected chi connectivity index (χ0v) is 17.5. The number of rotatable bonds is 7. The first kappa shape index (κ1) is 21.5. The Balaban J connectivity index is 1.85. The van der Waals surface area contributed by atoms with Crippen molar-refractivity contribution in [3.8, 4) is 11.5 Å². The first-order valence-corrected chi connectivity index (χ1v) is 10.1. The minimum absolute atomic E-state index is 0.244. The van der Waals surface area contributed by atoms with E-state index in [0.717, 1.165) is 12.1 Å². The molecule has 0 unspecified atom stereocenters. The molecule has 3 rings (SSSR count). The van der Waals surface area contributed by atoms with Crippen LogP contribution in [0, 0.1) is 5.82 Å². The number of para-hydroxylation sites is 1. The van der Waals surface area contributed by atoms with Crippen molar-refractivity contribution in [2.24, 2.45) is 0 Å². The van der Waals surface area contributed by atoms with E-state index in [-0.39, 0.29) is 16.8 Å². The van der Waals surface area contributed by atoms with Crippen LogP contribution in [0.3, 0.4) is 0 Å². The lowest BCUT2D eigenvalue weighted by Crippen LogP contribution is -2.15. The van der Waals surface area contributed by atoms with Gasteiger partial charge in [-0.25, -0.2) is 9.87 Å². The average molecular weight is 522 g/mol. The average Bonchev–Trinajstić information content (AvgIpc) is 3.21. The number of hydroxylamine groups is 1. The fourth-order valence-corrected chi connectivity index (χ4v) is 2.88. The number of anilines is 1. The lowest BCUT2D eigenvalue weighted by atomic mass is 10.1. The molecule has 0 aliphatic carbocycles. The van der Waals surface area contributed by atoms with E-state index in [9.17, 15) is 14.0 Å². The van der Waals surface area contributed by atoms with E-state index in [0.29, 0.717) is 16.1 Å². The number of carbonyl (C=O) groups is 2. The second-order valence-corrected chi connectivity index (χ2v) is 6.61. The van der Waals surface area contributed by atoms with Gasteiger partial charge in [-0.3, -0.25) is 19.5 Å². The molecule has 10 heteroatoms. The molecule has 0 saturated heterocycles. The maximum atomic E-state index is 13.6. The van der Waals surface area contributed by atoms with Gasteiger partial charge in [0.15, 0.2) is 5.75 Å². The predicted octanol–water partition coefficient (Wildman–Crippen LogP) is 3.98. The van der Waals surface area contributed by atoms with Crippen molar-refractivity contribution in [1.29, 1.82) is 0 Å². The predicted molar refractivity (Wildman–Crippen MR) is 116 cm³/mol. The van der Waals surface area contributed by atoms with Crippen LogP contribution in [0.5, 0.6) is 11.5 Å². The number of ether oxygens (including phenoxy) is 1. The summed E-state index contributed by atoms with van der Waals surface area (Å²) in [5.74, 6) is -1.02. The van der Waals surface area contributed by atoms with Gasteiger partial charge >= 0.3 is 0 Å². The number of benzene rings is 2. The van der Waals surface area contributed by atoms with Gasteiger partial charge in [-0.05, 0) is 36.4 Å². The zero-order chi connectivity index (χ0) is 21.5. The summed E-state index contributed by atoms with van der Waals surface area (Å²) in [7, 11) is 0. The van der Waals surface area contributed by atoms with Crippen LogP contribution in [-0.2, 0) is 9.35 Å². The highest BCUT2D eigenvalue weighted by molar-refractivity contribution is 14.1. The fraction of sp³-hybridized carbons (Fsp3) is 0.0500. The van der Waals surface area contributed by atoms with Crippen LogP contribution >= 0.6 is 22.6 Å². The van der Waals surface area contributed by atoms with Crippen LogP contribution in [-0.4, -0.2) is 26.8 Å². The van der Waals surface area contributed by atoms with Gasteiger partial charge in [0.2, 0.25) is 0 Å². The van der Waals surface area contributed by atoms with Gasteiger partial charge in [0.1, 0.15) is 11.6 Å². The number of aromatic nitrogens is 2. The summed E-state index contributed by atoms with van der Waals surface area (Å²) in [5, 5.41) is 15.4. The van der Waals surface area contributed by atoms with Gasteiger partial charge in [-0.15, -0.1) is 0 Å². The van der Waals surface area contributed by atoms with Gasteiger partial charge in [0, 0.05) is 17.3 Å². The third-order valence-electron chi connectivity index (χ3n) is 3.88. The molecule has 8 nitrogen and oxygen atoms in total. The summed E-state index contributed by atoms with van der Waals surface area (Å²) in [5.41, 5.74) is 2.22. The van der Waals surface area contributed by atoms with Crippen molar-refractivity contribution in [1.82, 2.24) is 15.3 Å². The highest BCUT2D eigenvalue weighted by Gasteiger charge is 2.15. The van der Waals surface area contributed by atoms with Crippen LogP contribution in [0.15, 0.2) is 60.9 Å². The van der Waals surface area contributed by atoms with Crippen LogP contribution < -0.4 is 15.5 Å². The van der Waals surface area contributed by atoms with Crippen LogP contribution in [0.2, 0.25) is 0 Å². The van der Waals surface area contributed by atoms with Crippen LogP contribution in [0.25, 0.3) is 6.08 Å². The summed E-state index contributed by atoms with van der Waals surface area (Å²) in [6, 6.07) is 10.4. The smallest absolute Gasteiger partial charge is 0.267 e. The van der Waals surface area contributed by atoms with Crippen molar-refractivity contribution in [3.63, 3.8) is 0 Å². The molecular formula is C20H16FIN4O4. The molecule has 0 saturated carbocycles. The number of amides is 2. The summed E-state index contributed by atoms with van der Waals surface area (Å²) >= 11 is 2.16. The quantitative estimate of drug-likeness (QED) is 0.143. The minimum atomic E-state index is -0.790. The van der Waals surface area contributed by atoms with Gasteiger partial charge in [-0.2, -0.15) is 5.10 Å². The Hall–Kier alpha value is -3.25. The number of hydrogen-bond acceptors (Lipinski definition) is 5. The van der Waals surface area contributed by atoms with Crippen molar-refractivity contribution < 1.29 is 23.9 Å². The maximum absolute atomic E-state index is 13.6. The molecule has 1 heterocycles. The van der Waals surface area contributed by atoms with Crippen LogP contribution in [0.1, 0.15) is 15.9 Å². The zero-order valence-electron chi connectivity index (χ0n) is 15.4. The summed E-state index contributed by atoms with van der Waals surface area (Å²) in [4.78, 5) is 24.1. The number of carbonyl (C=O) groups excluding carboxylic acids is 2. The lowest BCUT2D eigenvalue weighted by Gasteiger charge is -2.12. The van der Waals surface area contributed by atoms with Gasteiger partial charge in [0.05, 0.1) is 22.5 Å². The van der Waals surface area contributed by atoms with Crippen molar-refractivity contribution >= 4 is 46.2 Å². The normalized spacial score (nSPS) is 10.8. The molecule has 0 aliphatic rings. The highest BCUT2D eigenvalue weighted by Crippen LogP contribution is 2.27. The van der Waals surface area contributed by atoms with Gasteiger partial charge in [-0.1, -0.05) is 34.7 Å². The minimum Gasteiger partial charge on any atom is -0.453 e. The Morgan fingerprint density at radius 2 is 2.07 bits per heavy atom. The second-order valence-electron chi connectivity index (χ2n) is 5.93. The summed E-state index contributed by atoms with van der Waals surface area (Å²) in [6.07, 6.45) is 5.52. The van der Waals surface area contributed by atoms with Crippen molar-refractivity contribution in [3.05, 3.63) is 77.9 Å². The van der Waals surface area contributed by atoms with E-state index >= 15 is 0 Å². The van der Waals surface area contributed by atoms with E-state index < -0.39 is 17.6 Å². The van der Waals surface area contributed by atoms with E-state index in [2.05, 4.69) is 33.0 Å². The molecule has 0 fully saturated rings. The number of nitrogens with one attached hydrogen (secondary N) is 2. The third kappa shape index (κ3) is 5.42. The molecule has 3 aromatic rings. The molecule has 2 amide bonds. The monoisotopic (exact) mass is 522 g/mol. The molecule has 0 bridgehead atoms. The number of nitrogens with zero attached hydrogens (tertiary/aromatic N) is 2. The summed E-state index contributed by atoms with van der Waals surface area (Å²) < 4.78 is 21.7. The lowest BCUT2D eigenvalue weighted by molar-refractivity contribution is -0.124. The van der Waals surface area contributed by atoms with Gasteiger partial charge in [0.25, 0.3) is 11.8 Å². The molecule has 3 N–H and O–H groups in total. The standard InChI is InChI=1S/C20H16FIN4O4/c21-14-6-7-17(13(9-14)5-8-19(27)25-29)24-20(28)16-3-1-2-4-18(16)30-15-10-23-26(11-15)12-22/h1-11,29H,12H2,(H,24,28)(H,25,27)/b8-5+. The Morgan fingerprint density at radius 1 is 1.27 bits per heavy atom. The first-order valence-electron chi connectivity index (χ1n) is 8.58. The van der Waals surface area contributed by atoms with E-state index in [4.69, 9.17) is 9.94 Å². The SMILES string of the molecule is O=C(/C=C/c1cc(F)ccc1NC(=O)c1ccccc1Oc1cnn(CI)c1)NO. The number of alkyl halides is 1. The number of halogens is 2. The second kappa shape index (κ2) is 9.98. The highest BCUT2D eigenvalue weighted by atomic mass is 127. The largest absolute Gasteiger partial charge is 0.453 e. The Bertz CT molecular complexity index is 1100. The Labute approximate surface area is 184 Å². The molecule has 154 valence electrons. The first-order chi connectivity index (χ1) is 14.5. The van der Waals surface area contributed by atoms with E-state index in [1.165, 1.54) is 23.7 Å². The molecule has 1 aromatic heterocycles. The van der Waals surface area contributed by atoms with Crippen molar-refractivity contribution in [2.75, 3.05) is 5.32 Å².